The van der Waals surface area contributed by atoms with E-state index in [9.17, 15) is 5.11 Å². The average Bonchev–Trinajstić information content (AvgIpc) is 2.78. The number of fused-ring (bicyclic) bond motifs is 1. The minimum atomic E-state index is 0.207. The summed E-state index contributed by atoms with van der Waals surface area (Å²) in [6, 6.07) is 11.7. The van der Waals surface area contributed by atoms with Crippen molar-refractivity contribution >= 4 is 11.0 Å². The van der Waals surface area contributed by atoms with Gasteiger partial charge in [-0.3, -0.25) is 0 Å². The van der Waals surface area contributed by atoms with Gasteiger partial charge in [0.25, 0.3) is 0 Å². The van der Waals surface area contributed by atoms with Crippen molar-refractivity contribution in [1.29, 1.82) is 0 Å². The zero-order chi connectivity index (χ0) is 11.0. The third-order valence-electron chi connectivity index (χ3n) is 2.63. The lowest BCUT2D eigenvalue weighted by atomic mass is 10.0. The van der Waals surface area contributed by atoms with Crippen LogP contribution >= 0.6 is 0 Å². The van der Waals surface area contributed by atoms with Gasteiger partial charge in [0, 0.05) is 17.1 Å². The Morgan fingerprint density at radius 3 is 2.69 bits per heavy atom. The van der Waals surface area contributed by atoms with E-state index in [0.717, 1.165) is 22.2 Å². The van der Waals surface area contributed by atoms with E-state index in [-0.39, 0.29) is 5.75 Å². The van der Waals surface area contributed by atoms with Crippen LogP contribution in [0.5, 0.6) is 5.75 Å². The first-order valence-electron chi connectivity index (χ1n) is 5.07. The molecule has 0 aliphatic rings. The van der Waals surface area contributed by atoms with Crippen LogP contribution in [0, 0.1) is 0 Å². The summed E-state index contributed by atoms with van der Waals surface area (Å²) < 4.78 is 0. The second-order valence-corrected chi connectivity index (χ2v) is 3.62. The maximum absolute atomic E-state index is 9.90. The van der Waals surface area contributed by atoms with Crippen molar-refractivity contribution in [3.05, 3.63) is 48.8 Å². The molecule has 0 aliphatic carbocycles. The number of pyridine rings is 1. The van der Waals surface area contributed by atoms with Crippen molar-refractivity contribution in [2.24, 2.45) is 0 Å². The number of hydrogen-bond donors (Lipinski definition) is 2. The number of aromatic hydroxyl groups is 1. The predicted octanol–water partition coefficient (Wildman–Crippen LogP) is 2.94. The van der Waals surface area contributed by atoms with Crippen LogP contribution in [0.25, 0.3) is 22.2 Å². The van der Waals surface area contributed by atoms with E-state index < -0.39 is 0 Å². The van der Waals surface area contributed by atoms with Crippen LogP contribution in [0.2, 0.25) is 0 Å². The second-order valence-electron chi connectivity index (χ2n) is 3.62. The largest absolute Gasteiger partial charge is 0.506 e. The molecule has 0 radical (unpaired) electrons. The lowest BCUT2D eigenvalue weighted by Gasteiger charge is -2.05. The van der Waals surface area contributed by atoms with E-state index in [4.69, 9.17) is 0 Å². The Hall–Kier alpha value is -2.29. The van der Waals surface area contributed by atoms with Gasteiger partial charge in [-0.15, -0.1) is 0 Å². The summed E-state index contributed by atoms with van der Waals surface area (Å²) in [5.41, 5.74) is 2.61. The number of nitrogens with one attached hydrogen (secondary N) is 1. The van der Waals surface area contributed by atoms with Gasteiger partial charge < -0.3 is 10.1 Å². The van der Waals surface area contributed by atoms with Crippen molar-refractivity contribution in [2.75, 3.05) is 0 Å². The first kappa shape index (κ1) is 8.97. The lowest BCUT2D eigenvalue weighted by Crippen LogP contribution is -1.83. The highest BCUT2D eigenvalue weighted by molar-refractivity contribution is 5.95. The molecular weight excluding hydrogens is 200 g/mol. The Balaban J connectivity index is 2.38. The first-order chi connectivity index (χ1) is 7.86. The van der Waals surface area contributed by atoms with Crippen molar-refractivity contribution < 1.29 is 5.11 Å². The molecule has 2 aromatic heterocycles. The minimum absolute atomic E-state index is 0.207. The lowest BCUT2D eigenvalue weighted by molar-refractivity contribution is 0.476. The maximum atomic E-state index is 9.90. The van der Waals surface area contributed by atoms with Crippen LogP contribution in [-0.4, -0.2) is 15.1 Å². The molecule has 0 bridgehead atoms. The van der Waals surface area contributed by atoms with Crippen LogP contribution in [0.4, 0.5) is 0 Å². The number of nitrogens with zero attached hydrogens (tertiary/aromatic N) is 1. The van der Waals surface area contributed by atoms with E-state index >= 15 is 0 Å². The van der Waals surface area contributed by atoms with Gasteiger partial charge in [0.15, 0.2) is 0 Å². The molecule has 0 unspecified atom stereocenters. The zero-order valence-electron chi connectivity index (χ0n) is 8.51. The topological polar surface area (TPSA) is 48.9 Å². The minimum Gasteiger partial charge on any atom is -0.506 e. The summed E-state index contributed by atoms with van der Waals surface area (Å²) in [5, 5.41) is 10.8. The summed E-state index contributed by atoms with van der Waals surface area (Å²) in [6.07, 6.45) is 3.30. The van der Waals surface area contributed by atoms with Gasteiger partial charge in [-0.25, -0.2) is 4.98 Å². The highest BCUT2D eigenvalue weighted by Crippen LogP contribution is 2.34. The molecule has 3 nitrogen and oxygen atoms in total. The summed E-state index contributed by atoms with van der Waals surface area (Å²) in [6.45, 7) is 0. The third-order valence-corrected chi connectivity index (χ3v) is 2.63. The molecule has 3 heteroatoms. The number of aromatic amines is 1. The monoisotopic (exact) mass is 210 g/mol. The fourth-order valence-electron chi connectivity index (χ4n) is 1.91. The number of aromatic nitrogens is 2. The highest BCUT2D eigenvalue weighted by atomic mass is 16.3. The maximum Gasteiger partial charge on any atom is 0.142 e. The predicted molar refractivity (Wildman–Crippen MR) is 63.2 cm³/mol. The van der Waals surface area contributed by atoms with Crippen molar-refractivity contribution in [1.82, 2.24) is 9.97 Å². The molecule has 16 heavy (non-hydrogen) atoms. The fourth-order valence-corrected chi connectivity index (χ4v) is 1.91. The number of benzene rings is 1. The number of rotatable bonds is 1. The Bertz CT molecular complexity index is 629. The molecule has 3 aromatic rings. The smallest absolute Gasteiger partial charge is 0.142 e. The molecule has 0 saturated heterocycles. The Kier molecular flexibility index (Phi) is 1.90. The van der Waals surface area contributed by atoms with Crippen molar-refractivity contribution in [3.8, 4) is 16.9 Å². The summed E-state index contributed by atoms with van der Waals surface area (Å²) in [5.74, 6) is 0.207. The van der Waals surface area contributed by atoms with Crippen LogP contribution in [0.3, 0.4) is 0 Å². The summed E-state index contributed by atoms with van der Waals surface area (Å²) >= 11 is 0. The molecule has 0 fully saturated rings. The molecule has 0 saturated carbocycles. The molecule has 0 atom stereocenters. The molecule has 1 aromatic carbocycles. The number of hydrogen-bond acceptors (Lipinski definition) is 2. The quantitative estimate of drug-likeness (QED) is 0.648. The van der Waals surface area contributed by atoms with Crippen LogP contribution in [-0.2, 0) is 0 Å². The molecule has 2 heterocycles. The second kappa shape index (κ2) is 3.38. The molecule has 0 aliphatic heterocycles. The Labute approximate surface area is 92.4 Å². The summed E-state index contributed by atoms with van der Waals surface area (Å²) in [4.78, 5) is 7.16. The summed E-state index contributed by atoms with van der Waals surface area (Å²) in [7, 11) is 0. The first-order valence-corrected chi connectivity index (χ1v) is 5.07. The highest BCUT2D eigenvalue weighted by Gasteiger charge is 2.10. The van der Waals surface area contributed by atoms with Crippen LogP contribution < -0.4 is 0 Å². The third kappa shape index (κ3) is 1.26. The normalized spacial score (nSPS) is 10.8. The van der Waals surface area contributed by atoms with E-state index in [0.29, 0.717) is 0 Å². The average molecular weight is 210 g/mol. The molecule has 78 valence electrons. The van der Waals surface area contributed by atoms with Crippen LogP contribution in [0.15, 0.2) is 48.8 Å². The van der Waals surface area contributed by atoms with Gasteiger partial charge in [-0.2, -0.15) is 0 Å². The van der Waals surface area contributed by atoms with Crippen molar-refractivity contribution in [2.45, 2.75) is 0 Å². The van der Waals surface area contributed by atoms with Crippen molar-refractivity contribution in [3.63, 3.8) is 0 Å². The van der Waals surface area contributed by atoms with Gasteiger partial charge in [-0.1, -0.05) is 30.3 Å². The molecule has 2 N–H and O–H groups in total. The standard InChI is InChI=1S/C13H10N2O/c16-11-8-15-13-10(6-7-14-13)12(11)9-4-2-1-3-5-9/h1-8,16H,(H,14,15). The molecule has 0 amide bonds. The van der Waals surface area contributed by atoms with E-state index in [2.05, 4.69) is 9.97 Å². The van der Waals surface area contributed by atoms with E-state index in [1.54, 1.807) is 0 Å². The van der Waals surface area contributed by atoms with Gasteiger partial charge >= 0.3 is 0 Å². The molecule has 3 rings (SSSR count). The number of H-pyrrole nitrogens is 1. The van der Waals surface area contributed by atoms with Gasteiger partial charge in [0.1, 0.15) is 11.4 Å². The van der Waals surface area contributed by atoms with Gasteiger partial charge in [0.05, 0.1) is 6.20 Å². The SMILES string of the molecule is Oc1cnc2[nH]ccc2c1-c1ccccc1. The molecular formula is C13H10N2O. The Morgan fingerprint density at radius 2 is 1.88 bits per heavy atom. The Morgan fingerprint density at radius 1 is 1.06 bits per heavy atom. The van der Waals surface area contributed by atoms with Gasteiger partial charge in [-0.05, 0) is 11.6 Å². The van der Waals surface area contributed by atoms with Gasteiger partial charge in [0.2, 0.25) is 0 Å². The molecule has 0 spiro atoms. The zero-order valence-corrected chi connectivity index (χ0v) is 8.51. The fraction of sp³-hybridized carbons (Fsp3) is 0. The van der Waals surface area contributed by atoms with Crippen LogP contribution in [0.1, 0.15) is 0 Å². The van der Waals surface area contributed by atoms with E-state index in [1.165, 1.54) is 6.20 Å². The van der Waals surface area contributed by atoms with E-state index in [1.807, 2.05) is 42.6 Å².